The number of nitrogens with two attached hydrogens (primary N) is 1. The van der Waals surface area contributed by atoms with Crippen LogP contribution in [-0.2, 0) is 4.79 Å². The van der Waals surface area contributed by atoms with Gasteiger partial charge in [0.2, 0.25) is 0 Å². The Bertz CT molecular complexity index is 703. The number of carbonyl (C=O) groups excluding carboxylic acids is 1. The lowest BCUT2D eigenvalue weighted by molar-refractivity contribution is -0.121. The molecule has 1 aromatic carbocycles. The van der Waals surface area contributed by atoms with Crippen LogP contribution in [0.25, 0.3) is 10.9 Å². The Morgan fingerprint density at radius 3 is 2.59 bits per heavy atom. The Labute approximate surface area is 127 Å². The van der Waals surface area contributed by atoms with Crippen molar-refractivity contribution >= 4 is 22.4 Å². The first-order chi connectivity index (χ1) is 10.5. The van der Waals surface area contributed by atoms with E-state index in [1.165, 1.54) is 6.07 Å². The van der Waals surface area contributed by atoms with Crippen LogP contribution >= 0.6 is 0 Å². The molecule has 0 unspecified atom stereocenters. The first-order valence-electron chi connectivity index (χ1n) is 7.52. The molecular formula is C16H19F2N3O. The summed E-state index contributed by atoms with van der Waals surface area (Å²) in [6.45, 7) is 1.64. The highest BCUT2D eigenvalue weighted by Crippen LogP contribution is 2.34. The summed E-state index contributed by atoms with van der Waals surface area (Å²) in [5.41, 5.74) is 6.14. The second kappa shape index (κ2) is 5.66. The van der Waals surface area contributed by atoms with Crippen molar-refractivity contribution in [2.45, 2.75) is 45.1 Å². The first kappa shape index (κ1) is 14.9. The number of alkyl halides is 2. The lowest BCUT2D eigenvalue weighted by atomic mass is 9.84. The van der Waals surface area contributed by atoms with Gasteiger partial charge in [0.15, 0.2) is 0 Å². The van der Waals surface area contributed by atoms with Crippen LogP contribution in [0.1, 0.15) is 50.6 Å². The predicted octanol–water partition coefficient (Wildman–Crippen LogP) is 3.88. The Kier molecular flexibility index (Phi) is 3.85. The molecule has 118 valence electrons. The minimum atomic E-state index is -2.60. The van der Waals surface area contributed by atoms with Gasteiger partial charge in [-0.15, -0.1) is 0 Å². The number of nitrogen functional groups attached to an aromatic ring is 1. The second-order valence-electron chi connectivity index (χ2n) is 6.07. The van der Waals surface area contributed by atoms with E-state index in [1.54, 1.807) is 13.0 Å². The predicted molar refractivity (Wildman–Crippen MR) is 80.8 cm³/mol. The molecule has 0 amide bonds. The maximum Gasteiger partial charge on any atom is 0.265 e. The zero-order valence-electron chi connectivity index (χ0n) is 12.4. The lowest BCUT2D eigenvalue weighted by Gasteiger charge is -2.27. The highest BCUT2D eigenvalue weighted by molar-refractivity contribution is 5.83. The van der Waals surface area contributed by atoms with Crippen LogP contribution in [0.5, 0.6) is 0 Å². The molecule has 0 radical (unpaired) electrons. The van der Waals surface area contributed by atoms with Crippen LogP contribution < -0.4 is 5.73 Å². The van der Waals surface area contributed by atoms with Crippen LogP contribution in [0.15, 0.2) is 18.3 Å². The number of fused-ring (bicyclic) bond motifs is 1. The summed E-state index contributed by atoms with van der Waals surface area (Å²) in [7, 11) is 0. The third-order valence-corrected chi connectivity index (χ3v) is 4.61. The topological polar surface area (TPSA) is 60.9 Å². The summed E-state index contributed by atoms with van der Waals surface area (Å²) < 4.78 is 27.6. The summed E-state index contributed by atoms with van der Waals surface area (Å²) in [6.07, 6.45) is 2.76. The summed E-state index contributed by atoms with van der Waals surface area (Å²) in [4.78, 5) is 11.4. The van der Waals surface area contributed by atoms with Gasteiger partial charge >= 0.3 is 0 Å². The molecule has 2 aromatic rings. The third kappa shape index (κ3) is 2.69. The normalized spacial score (nSPS) is 22.4. The van der Waals surface area contributed by atoms with Gasteiger partial charge in [0.1, 0.15) is 5.78 Å². The summed E-state index contributed by atoms with van der Waals surface area (Å²) >= 11 is 0. The van der Waals surface area contributed by atoms with Crippen LogP contribution in [0.2, 0.25) is 0 Å². The molecule has 3 rings (SSSR count). The van der Waals surface area contributed by atoms with Crippen molar-refractivity contribution in [1.82, 2.24) is 9.78 Å². The molecule has 22 heavy (non-hydrogen) atoms. The van der Waals surface area contributed by atoms with Crippen molar-refractivity contribution in [2.24, 2.45) is 5.92 Å². The molecule has 0 bridgehead atoms. The number of Topliss-reactive ketones (excluding diaryl/α,β-unsaturated/α-hetero) is 1. The maximum atomic E-state index is 12.9. The number of hydrogen-bond acceptors (Lipinski definition) is 3. The largest absolute Gasteiger partial charge is 0.398 e. The number of aromatic nitrogens is 2. The van der Waals surface area contributed by atoms with Crippen LogP contribution in [0, 0.1) is 5.92 Å². The molecule has 2 N–H and O–H groups in total. The summed E-state index contributed by atoms with van der Waals surface area (Å²) in [5, 5.41) is 5.21. The fourth-order valence-electron chi connectivity index (χ4n) is 3.25. The van der Waals surface area contributed by atoms with E-state index in [0.29, 0.717) is 5.52 Å². The van der Waals surface area contributed by atoms with Crippen LogP contribution in [-0.4, -0.2) is 15.6 Å². The molecule has 4 nitrogen and oxygen atoms in total. The van der Waals surface area contributed by atoms with Crippen molar-refractivity contribution in [3.8, 4) is 0 Å². The number of benzene rings is 1. The van der Waals surface area contributed by atoms with E-state index in [4.69, 9.17) is 5.73 Å². The Hall–Kier alpha value is -1.98. The van der Waals surface area contributed by atoms with Crippen molar-refractivity contribution in [2.75, 3.05) is 5.73 Å². The number of halogens is 2. The Morgan fingerprint density at radius 1 is 1.32 bits per heavy atom. The van der Waals surface area contributed by atoms with E-state index in [9.17, 15) is 13.6 Å². The molecule has 1 aliphatic carbocycles. The van der Waals surface area contributed by atoms with Crippen molar-refractivity contribution in [3.05, 3.63) is 23.9 Å². The number of hydrogen-bond donors (Lipinski definition) is 1. The summed E-state index contributed by atoms with van der Waals surface area (Å²) in [5.74, 6) is 0.403. The minimum absolute atomic E-state index is 0.0994. The molecule has 1 aromatic heterocycles. The molecule has 1 fully saturated rings. The molecule has 0 atom stereocenters. The molecule has 6 heteroatoms. The van der Waals surface area contributed by atoms with Gasteiger partial charge in [-0.1, -0.05) is 0 Å². The van der Waals surface area contributed by atoms with E-state index in [0.717, 1.165) is 31.1 Å². The third-order valence-electron chi connectivity index (χ3n) is 4.61. The fourth-order valence-corrected chi connectivity index (χ4v) is 3.25. The van der Waals surface area contributed by atoms with E-state index in [2.05, 4.69) is 5.10 Å². The fraction of sp³-hybridized carbons (Fsp3) is 0.500. The first-order valence-corrected chi connectivity index (χ1v) is 7.52. The smallest absolute Gasteiger partial charge is 0.265 e. The second-order valence-corrected chi connectivity index (χ2v) is 6.07. The highest BCUT2D eigenvalue weighted by atomic mass is 19.3. The Balaban J connectivity index is 1.85. The Morgan fingerprint density at radius 2 is 2.00 bits per heavy atom. The average molecular weight is 307 g/mol. The molecule has 1 heterocycles. The quantitative estimate of drug-likeness (QED) is 0.875. The van der Waals surface area contributed by atoms with Crippen molar-refractivity contribution in [1.29, 1.82) is 0 Å². The maximum absolute atomic E-state index is 12.9. The lowest BCUT2D eigenvalue weighted by Crippen LogP contribution is -2.22. The standard InChI is InChI=1S/C16H19F2N3O/c1-9(22)10-2-4-12(5-3-10)21-8-11-6-14(19)13(16(17)18)7-15(11)20-21/h6-8,10,12,16H,2-5,19H2,1H3. The van der Waals surface area contributed by atoms with Gasteiger partial charge in [-0.3, -0.25) is 9.48 Å². The zero-order chi connectivity index (χ0) is 15.9. The van der Waals surface area contributed by atoms with Gasteiger partial charge in [0, 0.05) is 28.8 Å². The number of ketones is 1. The van der Waals surface area contributed by atoms with Gasteiger partial charge in [-0.25, -0.2) is 8.78 Å². The number of carbonyl (C=O) groups is 1. The molecule has 0 aliphatic heterocycles. The van der Waals surface area contributed by atoms with Crippen LogP contribution in [0.3, 0.4) is 0 Å². The monoisotopic (exact) mass is 307 g/mol. The molecule has 1 saturated carbocycles. The van der Waals surface area contributed by atoms with Gasteiger partial charge < -0.3 is 5.73 Å². The zero-order valence-corrected chi connectivity index (χ0v) is 12.4. The van der Waals surface area contributed by atoms with E-state index < -0.39 is 6.43 Å². The molecule has 0 spiro atoms. The van der Waals surface area contributed by atoms with Crippen molar-refractivity contribution < 1.29 is 13.6 Å². The average Bonchev–Trinajstić information content (AvgIpc) is 2.89. The van der Waals surface area contributed by atoms with Gasteiger partial charge in [-0.05, 0) is 44.7 Å². The SMILES string of the molecule is CC(=O)C1CCC(n2cc3cc(N)c(C(F)F)cc3n2)CC1. The highest BCUT2D eigenvalue weighted by Gasteiger charge is 2.25. The van der Waals surface area contributed by atoms with Crippen molar-refractivity contribution in [3.63, 3.8) is 0 Å². The van der Waals surface area contributed by atoms with Gasteiger partial charge in [0.05, 0.1) is 11.6 Å². The van der Waals surface area contributed by atoms with E-state index in [1.807, 2.05) is 10.9 Å². The molecule has 1 aliphatic rings. The van der Waals surface area contributed by atoms with Gasteiger partial charge in [0.25, 0.3) is 6.43 Å². The molecule has 0 saturated heterocycles. The number of anilines is 1. The molecular weight excluding hydrogens is 288 g/mol. The summed E-state index contributed by atoms with van der Waals surface area (Å²) in [6, 6.07) is 3.15. The number of rotatable bonds is 3. The van der Waals surface area contributed by atoms with Gasteiger partial charge in [-0.2, -0.15) is 5.10 Å². The van der Waals surface area contributed by atoms with Crippen LogP contribution in [0.4, 0.5) is 14.5 Å². The minimum Gasteiger partial charge on any atom is -0.398 e. The van der Waals surface area contributed by atoms with E-state index in [-0.39, 0.29) is 29.0 Å². The van der Waals surface area contributed by atoms with E-state index >= 15 is 0 Å². The number of nitrogens with zero attached hydrogens (tertiary/aromatic N) is 2.